The van der Waals surface area contributed by atoms with Crippen molar-refractivity contribution in [2.24, 2.45) is 0 Å². The number of aromatic nitrogens is 3. The Hall–Kier alpha value is -2.93. The maximum absolute atomic E-state index is 5.42. The van der Waals surface area contributed by atoms with Crippen LogP contribution in [-0.2, 0) is 19.3 Å². The Morgan fingerprint density at radius 2 is 1.88 bits per heavy atom. The Morgan fingerprint density at radius 3 is 2.66 bits per heavy atom. The molecule has 1 aliphatic carbocycles. The molecule has 4 aromatic rings. The second-order valence-electron chi connectivity index (χ2n) is 8.51. The summed E-state index contributed by atoms with van der Waals surface area (Å²) >= 11 is 1.71. The molecule has 3 aromatic heterocycles. The van der Waals surface area contributed by atoms with Crippen LogP contribution in [-0.4, -0.2) is 35.7 Å². The Morgan fingerprint density at radius 1 is 1.06 bits per heavy atom. The van der Waals surface area contributed by atoms with Crippen molar-refractivity contribution in [1.29, 1.82) is 0 Å². The van der Waals surface area contributed by atoms with Gasteiger partial charge in [0.2, 0.25) is 0 Å². The number of ether oxygens (including phenoxy) is 2. The molecule has 5 rings (SSSR count). The normalized spacial score (nSPS) is 13.2. The number of nitrogens with one attached hydrogen (secondary N) is 1. The van der Waals surface area contributed by atoms with Gasteiger partial charge in [-0.25, -0.2) is 15.0 Å². The summed E-state index contributed by atoms with van der Waals surface area (Å²) < 4.78 is 11.9. The molecule has 6 nitrogen and oxygen atoms in total. The van der Waals surface area contributed by atoms with Crippen molar-refractivity contribution in [2.45, 2.75) is 45.4 Å². The van der Waals surface area contributed by atoms with E-state index in [-0.39, 0.29) is 0 Å². The number of methoxy groups -OCH3 is 2. The Labute approximate surface area is 192 Å². The molecule has 1 aromatic carbocycles. The van der Waals surface area contributed by atoms with Crippen LogP contribution in [0.25, 0.3) is 20.4 Å². The van der Waals surface area contributed by atoms with Crippen molar-refractivity contribution in [3.63, 3.8) is 0 Å². The van der Waals surface area contributed by atoms with E-state index in [4.69, 9.17) is 14.5 Å². The van der Waals surface area contributed by atoms with E-state index in [0.717, 1.165) is 58.2 Å². The lowest BCUT2D eigenvalue weighted by Gasteiger charge is -2.11. The Balaban J connectivity index is 1.45. The van der Waals surface area contributed by atoms with Crippen molar-refractivity contribution in [1.82, 2.24) is 15.0 Å². The summed E-state index contributed by atoms with van der Waals surface area (Å²) in [6, 6.07) is 6.04. The number of nitrogens with zero attached hydrogens (tertiary/aromatic N) is 3. The fourth-order valence-electron chi connectivity index (χ4n) is 4.69. The topological polar surface area (TPSA) is 69.2 Å². The van der Waals surface area contributed by atoms with E-state index in [1.54, 1.807) is 31.9 Å². The highest BCUT2D eigenvalue weighted by molar-refractivity contribution is 7.26. The van der Waals surface area contributed by atoms with Crippen LogP contribution in [0.1, 0.15) is 48.6 Å². The zero-order valence-corrected chi connectivity index (χ0v) is 19.8. The van der Waals surface area contributed by atoms with E-state index in [2.05, 4.69) is 35.2 Å². The highest BCUT2D eigenvalue weighted by atomic mass is 32.1. The van der Waals surface area contributed by atoms with Gasteiger partial charge in [-0.05, 0) is 60.4 Å². The van der Waals surface area contributed by atoms with E-state index in [0.29, 0.717) is 5.92 Å². The molecule has 0 atom stereocenters. The molecule has 0 amide bonds. The molecule has 1 N–H and O–H groups in total. The highest BCUT2D eigenvalue weighted by Gasteiger charge is 2.25. The highest BCUT2D eigenvalue weighted by Crippen LogP contribution is 2.42. The van der Waals surface area contributed by atoms with Crippen molar-refractivity contribution >= 4 is 37.6 Å². The minimum atomic E-state index is 0.432. The van der Waals surface area contributed by atoms with Gasteiger partial charge in [0.15, 0.2) is 11.5 Å². The van der Waals surface area contributed by atoms with Crippen LogP contribution in [0.15, 0.2) is 24.5 Å². The maximum atomic E-state index is 5.42. The van der Waals surface area contributed by atoms with E-state index in [1.807, 2.05) is 12.1 Å². The van der Waals surface area contributed by atoms with E-state index in [9.17, 15) is 0 Å². The third-order valence-electron chi connectivity index (χ3n) is 6.20. The van der Waals surface area contributed by atoms with Crippen molar-refractivity contribution < 1.29 is 9.47 Å². The first-order chi connectivity index (χ1) is 15.6. The Kier molecular flexibility index (Phi) is 5.59. The Bertz CT molecular complexity index is 1300. The van der Waals surface area contributed by atoms with Gasteiger partial charge in [0.1, 0.15) is 17.0 Å². The van der Waals surface area contributed by atoms with Crippen LogP contribution in [0, 0.1) is 0 Å². The van der Waals surface area contributed by atoms with Crippen LogP contribution >= 0.6 is 11.3 Å². The van der Waals surface area contributed by atoms with Gasteiger partial charge in [-0.2, -0.15) is 0 Å². The van der Waals surface area contributed by atoms with Crippen LogP contribution in [0.4, 0.5) is 5.82 Å². The summed E-state index contributed by atoms with van der Waals surface area (Å²) in [5, 5.41) is 4.77. The van der Waals surface area contributed by atoms with Crippen molar-refractivity contribution in [3.05, 3.63) is 46.9 Å². The quantitative estimate of drug-likeness (QED) is 0.401. The van der Waals surface area contributed by atoms with Gasteiger partial charge < -0.3 is 14.8 Å². The predicted octanol–water partition coefficient (Wildman–Crippen LogP) is 5.52. The number of benzene rings is 1. The smallest absolute Gasteiger partial charge is 0.160 e. The molecule has 3 heterocycles. The van der Waals surface area contributed by atoms with E-state index < -0.39 is 0 Å². The largest absolute Gasteiger partial charge is 0.493 e. The first-order valence-corrected chi connectivity index (χ1v) is 12.0. The molecule has 0 aliphatic heterocycles. The van der Waals surface area contributed by atoms with Crippen molar-refractivity contribution in [2.75, 3.05) is 26.1 Å². The van der Waals surface area contributed by atoms with Gasteiger partial charge in [-0.3, -0.25) is 0 Å². The van der Waals surface area contributed by atoms with Gasteiger partial charge >= 0.3 is 0 Å². The molecule has 0 radical (unpaired) electrons. The summed E-state index contributed by atoms with van der Waals surface area (Å²) in [5.41, 5.74) is 6.38. The third kappa shape index (κ3) is 3.54. The van der Waals surface area contributed by atoms with Crippen LogP contribution < -0.4 is 14.8 Å². The summed E-state index contributed by atoms with van der Waals surface area (Å²) in [5.74, 6) is 2.81. The second-order valence-corrected chi connectivity index (χ2v) is 9.51. The zero-order chi connectivity index (χ0) is 22.2. The number of thiophene rings is 1. The number of hydrogen-bond donors (Lipinski definition) is 1. The van der Waals surface area contributed by atoms with Crippen LogP contribution in [0.3, 0.4) is 0 Å². The summed E-state index contributed by atoms with van der Waals surface area (Å²) in [7, 11) is 3.31. The number of pyridine rings is 1. The predicted molar refractivity (Wildman–Crippen MR) is 131 cm³/mol. The third-order valence-corrected chi connectivity index (χ3v) is 7.28. The average molecular weight is 449 g/mol. The number of rotatable bonds is 7. The molecule has 0 saturated heterocycles. The van der Waals surface area contributed by atoms with Crippen LogP contribution in [0.5, 0.6) is 11.5 Å². The van der Waals surface area contributed by atoms with Crippen LogP contribution in [0.2, 0.25) is 0 Å². The fraction of sp³-hybridized carbons (Fsp3) is 0.400. The minimum absolute atomic E-state index is 0.432. The van der Waals surface area contributed by atoms with Gasteiger partial charge in [-0.1, -0.05) is 19.9 Å². The molecule has 0 unspecified atom stereocenters. The lowest BCUT2D eigenvalue weighted by atomic mass is 9.99. The van der Waals surface area contributed by atoms with E-state index >= 15 is 0 Å². The first kappa shape index (κ1) is 20.9. The summed E-state index contributed by atoms with van der Waals surface area (Å²) in [6.45, 7) is 5.24. The molecule has 7 heteroatoms. The molecular formula is C25H28N4O2S. The number of anilines is 1. The van der Waals surface area contributed by atoms with Gasteiger partial charge in [0, 0.05) is 17.6 Å². The molecular weight excluding hydrogens is 420 g/mol. The summed E-state index contributed by atoms with van der Waals surface area (Å²) in [4.78, 5) is 15.4. The average Bonchev–Trinajstić information content (AvgIpc) is 3.43. The standard InChI is InChI=1S/C25H28N4O2S/c1-14(2)21-17-7-5-6-16(17)20-22-23(32-25(20)29-21)24(28-13-27-22)26-11-10-15-8-9-18(30-3)19(12-15)31-4/h8-9,12-14H,5-7,10-11H2,1-4H3,(H,26,27,28). The SMILES string of the molecule is COc1ccc(CCNc2ncnc3c2sc2nc(C(C)C)c4c(c23)CCC4)cc1OC. The molecule has 0 spiro atoms. The maximum Gasteiger partial charge on any atom is 0.160 e. The molecule has 0 saturated carbocycles. The number of fused-ring (bicyclic) bond motifs is 5. The summed E-state index contributed by atoms with van der Waals surface area (Å²) in [6.07, 6.45) is 5.97. The van der Waals surface area contributed by atoms with Gasteiger partial charge in [0.05, 0.1) is 24.4 Å². The molecule has 166 valence electrons. The molecule has 32 heavy (non-hydrogen) atoms. The van der Waals surface area contributed by atoms with Gasteiger partial charge in [0.25, 0.3) is 0 Å². The lowest BCUT2D eigenvalue weighted by Crippen LogP contribution is -2.07. The fourth-order valence-corrected chi connectivity index (χ4v) is 5.82. The monoisotopic (exact) mass is 448 g/mol. The van der Waals surface area contributed by atoms with E-state index in [1.165, 1.54) is 34.2 Å². The molecule has 0 fully saturated rings. The molecule has 0 bridgehead atoms. The lowest BCUT2D eigenvalue weighted by molar-refractivity contribution is 0.354. The number of hydrogen-bond acceptors (Lipinski definition) is 7. The minimum Gasteiger partial charge on any atom is -0.493 e. The zero-order valence-electron chi connectivity index (χ0n) is 19.0. The number of aryl methyl sites for hydroxylation is 1. The first-order valence-electron chi connectivity index (χ1n) is 11.1. The van der Waals surface area contributed by atoms with Crippen molar-refractivity contribution in [3.8, 4) is 11.5 Å². The second kappa shape index (κ2) is 8.54. The van der Waals surface area contributed by atoms with Gasteiger partial charge in [-0.15, -0.1) is 11.3 Å². The molecule has 1 aliphatic rings.